The molecule has 0 bridgehead atoms. The second kappa shape index (κ2) is 4.19. The first-order valence-corrected chi connectivity index (χ1v) is 3.44. The van der Waals surface area contributed by atoms with Crippen LogP contribution in [0.4, 0.5) is 0 Å². The number of hydrogen-bond donors (Lipinski definition) is 2. The van der Waals surface area contributed by atoms with Crippen LogP contribution in [-0.2, 0) is 16.1 Å². The van der Waals surface area contributed by atoms with Crippen molar-refractivity contribution >= 4 is 22.1 Å². The summed E-state index contributed by atoms with van der Waals surface area (Å²) in [4.78, 5) is 10.1. The first-order chi connectivity index (χ1) is 4.63. The van der Waals surface area contributed by atoms with Gasteiger partial charge in [-0.1, -0.05) is 6.92 Å². The Kier molecular flexibility index (Phi) is 3.90. The van der Waals surface area contributed by atoms with E-state index < -0.39 is 12.1 Å². The number of carboxylic acid groups (broad SMARTS) is 1. The van der Waals surface area contributed by atoms with Crippen molar-refractivity contribution in [2.75, 3.05) is 0 Å². The first-order valence-electron chi connectivity index (χ1n) is 2.69. The van der Waals surface area contributed by atoms with E-state index in [1.807, 2.05) is 0 Å². The van der Waals surface area contributed by atoms with E-state index in [2.05, 4.69) is 0 Å². The summed E-state index contributed by atoms with van der Waals surface area (Å²) in [5.41, 5.74) is 0. The zero-order chi connectivity index (χ0) is 8.15. The summed E-state index contributed by atoms with van der Waals surface area (Å²) in [6.45, 7) is 1.62. The fourth-order valence-electron chi connectivity index (χ4n) is 0.436. The van der Waals surface area contributed by atoms with Gasteiger partial charge in [0.05, 0.1) is 16.1 Å². The molecule has 58 valence electrons. The van der Waals surface area contributed by atoms with E-state index in [0.29, 0.717) is 0 Å². The van der Waals surface area contributed by atoms with Gasteiger partial charge < -0.3 is 10.2 Å². The summed E-state index contributed by atoms with van der Waals surface area (Å²) < 4.78 is 10.1. The Morgan fingerprint density at radius 2 is 2.20 bits per heavy atom. The van der Waals surface area contributed by atoms with Crippen LogP contribution >= 0.6 is 0 Å². The smallest absolute Gasteiger partial charge is 0.337 e. The molecule has 5 heteroatoms. The highest BCUT2D eigenvalue weighted by Gasteiger charge is 2.17. The van der Waals surface area contributed by atoms with Crippen LogP contribution in [0.5, 0.6) is 0 Å². The summed E-state index contributed by atoms with van der Waals surface area (Å²) in [6, 6.07) is 0. The standard InChI is InChI=1S/C5H8O4S/c1-2-3(10-9)4(6)5(7)8/h4,6H,2H2,1H3,(H,7,8). The van der Waals surface area contributed by atoms with Gasteiger partial charge in [0.15, 0.2) is 6.10 Å². The summed E-state index contributed by atoms with van der Waals surface area (Å²) in [6.07, 6.45) is -1.34. The molecule has 0 radical (unpaired) electrons. The number of aliphatic carboxylic acids is 1. The van der Waals surface area contributed by atoms with Gasteiger partial charge in [-0.05, 0) is 6.42 Å². The Morgan fingerprint density at radius 3 is 2.30 bits per heavy atom. The molecule has 0 aliphatic heterocycles. The minimum absolute atomic E-state index is 0.0347. The molecule has 0 aromatic carbocycles. The van der Waals surface area contributed by atoms with E-state index in [1.165, 1.54) is 0 Å². The van der Waals surface area contributed by atoms with Crippen molar-refractivity contribution in [3.63, 3.8) is 0 Å². The molecule has 0 heterocycles. The van der Waals surface area contributed by atoms with Gasteiger partial charge in [0.25, 0.3) is 0 Å². The molecule has 1 unspecified atom stereocenters. The minimum Gasteiger partial charge on any atom is -0.479 e. The third-order valence-corrected chi connectivity index (χ3v) is 1.72. The van der Waals surface area contributed by atoms with Gasteiger partial charge in [0.1, 0.15) is 0 Å². The molecule has 0 aromatic heterocycles. The monoisotopic (exact) mass is 164 g/mol. The van der Waals surface area contributed by atoms with Gasteiger partial charge in [-0.3, -0.25) is 0 Å². The summed E-state index contributed by atoms with van der Waals surface area (Å²) in [5.74, 6) is -1.37. The quantitative estimate of drug-likeness (QED) is 0.537. The highest BCUT2D eigenvalue weighted by Crippen LogP contribution is 1.90. The number of carboxylic acids is 1. The van der Waals surface area contributed by atoms with E-state index in [1.54, 1.807) is 6.92 Å². The van der Waals surface area contributed by atoms with Crippen LogP contribution < -0.4 is 0 Å². The highest BCUT2D eigenvalue weighted by atomic mass is 32.1. The molecule has 1 atom stereocenters. The zero-order valence-corrected chi connectivity index (χ0v) is 6.22. The van der Waals surface area contributed by atoms with Crippen molar-refractivity contribution in [3.05, 3.63) is 0 Å². The predicted molar refractivity (Wildman–Crippen MR) is 37.1 cm³/mol. The molecule has 0 fully saturated rings. The van der Waals surface area contributed by atoms with Crippen molar-refractivity contribution < 1.29 is 19.2 Å². The summed E-state index contributed by atoms with van der Waals surface area (Å²) in [7, 11) is 0. The number of carbonyl (C=O) groups is 1. The largest absolute Gasteiger partial charge is 0.479 e. The third kappa shape index (κ3) is 2.28. The van der Waals surface area contributed by atoms with E-state index in [9.17, 15) is 9.00 Å². The fourth-order valence-corrected chi connectivity index (χ4v) is 0.745. The van der Waals surface area contributed by atoms with Gasteiger partial charge in [0.2, 0.25) is 0 Å². The number of aliphatic hydroxyl groups excluding tert-OH is 1. The Labute approximate surface area is 61.6 Å². The lowest BCUT2D eigenvalue weighted by Gasteiger charge is -2.01. The summed E-state index contributed by atoms with van der Waals surface area (Å²) in [5, 5.41) is 16.9. The molecule has 0 saturated carbocycles. The van der Waals surface area contributed by atoms with Crippen LogP contribution in [0.2, 0.25) is 0 Å². The topological polar surface area (TPSA) is 74.6 Å². The number of aliphatic hydroxyl groups is 1. The maximum atomic E-state index is 10.1. The normalized spacial score (nSPS) is 12.2. The zero-order valence-electron chi connectivity index (χ0n) is 5.40. The van der Waals surface area contributed by atoms with Crippen molar-refractivity contribution in [2.24, 2.45) is 0 Å². The first kappa shape index (κ1) is 9.32. The molecule has 0 rings (SSSR count). The second-order valence-corrected chi connectivity index (χ2v) is 2.34. The molecule has 0 saturated heterocycles. The third-order valence-electron chi connectivity index (χ3n) is 0.994. The van der Waals surface area contributed by atoms with E-state index in [4.69, 9.17) is 10.2 Å². The molecule has 4 nitrogen and oxygen atoms in total. The average molecular weight is 164 g/mol. The lowest BCUT2D eigenvalue weighted by molar-refractivity contribution is -0.142. The van der Waals surface area contributed by atoms with Crippen LogP contribution in [0, 0.1) is 0 Å². The van der Waals surface area contributed by atoms with Crippen LogP contribution in [0.15, 0.2) is 0 Å². The molecule has 0 aliphatic rings. The maximum absolute atomic E-state index is 10.1. The van der Waals surface area contributed by atoms with Crippen molar-refractivity contribution in [3.8, 4) is 0 Å². The Morgan fingerprint density at radius 1 is 1.70 bits per heavy atom. The van der Waals surface area contributed by atoms with Gasteiger partial charge in [-0.15, -0.1) is 0 Å². The average Bonchev–Trinajstić information content (AvgIpc) is 1.90. The fraction of sp³-hybridized carbons (Fsp3) is 0.600. The molecular weight excluding hydrogens is 156 g/mol. The molecule has 0 aromatic rings. The number of hydrogen-bond acceptors (Lipinski definition) is 3. The van der Waals surface area contributed by atoms with Gasteiger partial charge >= 0.3 is 5.97 Å². The SMILES string of the molecule is CCC(=S=O)C(O)C(=O)O. The highest BCUT2D eigenvalue weighted by molar-refractivity contribution is 7.66. The van der Waals surface area contributed by atoms with Crippen molar-refractivity contribution in [2.45, 2.75) is 19.4 Å². The van der Waals surface area contributed by atoms with E-state index in [0.717, 1.165) is 0 Å². The van der Waals surface area contributed by atoms with Crippen LogP contribution in [0.1, 0.15) is 13.3 Å². The van der Waals surface area contributed by atoms with E-state index in [-0.39, 0.29) is 22.5 Å². The molecule has 0 spiro atoms. The predicted octanol–water partition coefficient (Wildman–Crippen LogP) is -0.773. The van der Waals surface area contributed by atoms with Crippen LogP contribution in [0.25, 0.3) is 0 Å². The molecule has 2 N–H and O–H groups in total. The molecular formula is C5H8O4S. The van der Waals surface area contributed by atoms with Crippen LogP contribution in [-0.4, -0.2) is 31.4 Å². The van der Waals surface area contributed by atoms with Crippen molar-refractivity contribution in [1.29, 1.82) is 0 Å². The maximum Gasteiger partial charge on any atom is 0.337 e. The Hall–Kier alpha value is -0.680. The summed E-state index contributed by atoms with van der Waals surface area (Å²) >= 11 is 0.0422. The molecule has 10 heavy (non-hydrogen) atoms. The van der Waals surface area contributed by atoms with Crippen LogP contribution in [0.3, 0.4) is 0 Å². The van der Waals surface area contributed by atoms with Gasteiger partial charge in [-0.2, -0.15) is 0 Å². The Balaban J connectivity index is 4.32. The van der Waals surface area contributed by atoms with Gasteiger partial charge in [0, 0.05) is 0 Å². The number of rotatable bonds is 3. The van der Waals surface area contributed by atoms with E-state index >= 15 is 0 Å². The molecule has 0 amide bonds. The van der Waals surface area contributed by atoms with Crippen molar-refractivity contribution in [1.82, 2.24) is 0 Å². The lowest BCUT2D eigenvalue weighted by atomic mass is 10.2. The molecule has 0 aliphatic carbocycles. The lowest BCUT2D eigenvalue weighted by Crippen LogP contribution is -2.28. The van der Waals surface area contributed by atoms with Gasteiger partial charge in [-0.25, -0.2) is 9.00 Å². The minimum atomic E-state index is -1.62. The Bertz CT molecular complexity index is 182. The second-order valence-electron chi connectivity index (χ2n) is 1.64.